The molecule has 1 aliphatic carbocycles. The molecular formula is C17H22FNO4. The van der Waals surface area contributed by atoms with Gasteiger partial charge in [-0.2, -0.15) is 0 Å². The minimum Gasteiger partial charge on any atom is -0.495 e. The summed E-state index contributed by atoms with van der Waals surface area (Å²) in [4.78, 5) is 24.1. The minimum atomic E-state index is -1.03. The van der Waals surface area contributed by atoms with Gasteiger partial charge in [-0.25, -0.2) is 4.39 Å². The summed E-state index contributed by atoms with van der Waals surface area (Å²) in [6.07, 6.45) is 4.49. The average Bonchev–Trinajstić information content (AvgIpc) is 2.74. The second-order valence-corrected chi connectivity index (χ2v) is 6.07. The number of hydrogen-bond donors (Lipinski definition) is 2. The Labute approximate surface area is 134 Å². The van der Waals surface area contributed by atoms with Gasteiger partial charge in [0.25, 0.3) is 0 Å². The van der Waals surface area contributed by atoms with Crippen molar-refractivity contribution in [3.63, 3.8) is 0 Å². The van der Waals surface area contributed by atoms with Gasteiger partial charge in [-0.3, -0.25) is 9.59 Å². The van der Waals surface area contributed by atoms with Crippen LogP contribution in [0.1, 0.15) is 44.9 Å². The lowest BCUT2D eigenvalue weighted by Crippen LogP contribution is -2.35. The number of carbonyl (C=O) groups is 2. The van der Waals surface area contributed by atoms with Crippen LogP contribution in [0.4, 0.5) is 10.1 Å². The zero-order valence-electron chi connectivity index (χ0n) is 13.2. The van der Waals surface area contributed by atoms with Crippen LogP contribution in [-0.4, -0.2) is 24.1 Å². The number of nitrogens with one attached hydrogen (secondary N) is 1. The standard InChI is InChI=1S/C17H22FNO4/c1-23-14-7-6-12(18)10-13(14)19-15(20)11-17(16(21)22)8-4-2-3-5-9-17/h6-7,10H,2-5,8-9,11H2,1H3,(H,19,20)(H,21,22). The normalized spacial score (nSPS) is 17.1. The molecule has 1 aliphatic rings. The third-order valence-corrected chi connectivity index (χ3v) is 4.45. The maximum absolute atomic E-state index is 13.3. The van der Waals surface area contributed by atoms with Gasteiger partial charge in [0.05, 0.1) is 18.2 Å². The molecule has 0 bridgehead atoms. The van der Waals surface area contributed by atoms with Gasteiger partial charge in [0.2, 0.25) is 5.91 Å². The number of carboxylic acid groups (broad SMARTS) is 1. The number of amides is 1. The van der Waals surface area contributed by atoms with Crippen molar-refractivity contribution in [3.8, 4) is 5.75 Å². The van der Waals surface area contributed by atoms with E-state index in [9.17, 15) is 19.1 Å². The number of ether oxygens (including phenoxy) is 1. The number of aliphatic carboxylic acids is 1. The molecule has 1 aromatic carbocycles. The molecule has 0 saturated heterocycles. The van der Waals surface area contributed by atoms with Crippen LogP contribution in [0.3, 0.4) is 0 Å². The van der Waals surface area contributed by atoms with E-state index in [1.807, 2.05) is 0 Å². The molecule has 0 aliphatic heterocycles. The first-order valence-corrected chi connectivity index (χ1v) is 7.84. The van der Waals surface area contributed by atoms with Gasteiger partial charge in [0.1, 0.15) is 11.6 Å². The van der Waals surface area contributed by atoms with Crippen molar-refractivity contribution in [3.05, 3.63) is 24.0 Å². The van der Waals surface area contributed by atoms with Gasteiger partial charge < -0.3 is 15.2 Å². The van der Waals surface area contributed by atoms with Crippen LogP contribution < -0.4 is 10.1 Å². The molecule has 0 spiro atoms. The molecule has 6 heteroatoms. The molecule has 0 unspecified atom stereocenters. The van der Waals surface area contributed by atoms with E-state index in [1.165, 1.54) is 19.2 Å². The van der Waals surface area contributed by atoms with E-state index in [2.05, 4.69) is 5.32 Å². The number of rotatable bonds is 5. The Hall–Kier alpha value is -2.11. The van der Waals surface area contributed by atoms with E-state index in [4.69, 9.17) is 4.74 Å². The fourth-order valence-electron chi connectivity index (χ4n) is 3.15. The number of halogens is 1. The Morgan fingerprint density at radius 2 is 1.91 bits per heavy atom. The first-order chi connectivity index (χ1) is 11.0. The van der Waals surface area contributed by atoms with Crippen molar-refractivity contribution in [2.45, 2.75) is 44.9 Å². The van der Waals surface area contributed by atoms with E-state index in [-0.39, 0.29) is 12.1 Å². The lowest BCUT2D eigenvalue weighted by molar-refractivity contribution is -0.152. The highest BCUT2D eigenvalue weighted by molar-refractivity contribution is 5.95. The largest absolute Gasteiger partial charge is 0.495 e. The number of carboxylic acids is 1. The van der Waals surface area contributed by atoms with Gasteiger partial charge in [-0.1, -0.05) is 25.7 Å². The third-order valence-electron chi connectivity index (χ3n) is 4.45. The zero-order chi connectivity index (χ0) is 16.9. The smallest absolute Gasteiger partial charge is 0.310 e. The quantitative estimate of drug-likeness (QED) is 0.812. The molecule has 0 atom stereocenters. The van der Waals surface area contributed by atoms with E-state index in [0.29, 0.717) is 18.6 Å². The van der Waals surface area contributed by atoms with Crippen LogP contribution in [-0.2, 0) is 9.59 Å². The fourth-order valence-corrected chi connectivity index (χ4v) is 3.15. The molecule has 1 fully saturated rings. The van der Waals surface area contributed by atoms with Gasteiger partial charge in [0.15, 0.2) is 0 Å². The highest BCUT2D eigenvalue weighted by atomic mass is 19.1. The molecule has 0 radical (unpaired) electrons. The van der Waals surface area contributed by atoms with Crippen molar-refractivity contribution in [1.29, 1.82) is 0 Å². The molecule has 1 amide bonds. The highest BCUT2D eigenvalue weighted by Crippen LogP contribution is 2.39. The van der Waals surface area contributed by atoms with Crippen molar-refractivity contribution in [1.82, 2.24) is 0 Å². The van der Waals surface area contributed by atoms with Crippen molar-refractivity contribution < 1.29 is 23.8 Å². The van der Waals surface area contributed by atoms with Crippen molar-refractivity contribution >= 4 is 17.6 Å². The van der Waals surface area contributed by atoms with Crippen molar-refractivity contribution in [2.75, 3.05) is 12.4 Å². The van der Waals surface area contributed by atoms with Gasteiger partial charge in [-0.15, -0.1) is 0 Å². The first kappa shape index (κ1) is 17.2. The molecule has 2 rings (SSSR count). The van der Waals surface area contributed by atoms with E-state index >= 15 is 0 Å². The summed E-state index contributed by atoms with van der Waals surface area (Å²) < 4.78 is 18.4. The first-order valence-electron chi connectivity index (χ1n) is 7.84. The number of methoxy groups -OCH3 is 1. The topological polar surface area (TPSA) is 75.6 Å². The second kappa shape index (κ2) is 7.44. The summed E-state index contributed by atoms with van der Waals surface area (Å²) >= 11 is 0. The number of anilines is 1. The molecule has 0 heterocycles. The second-order valence-electron chi connectivity index (χ2n) is 6.07. The Bertz CT molecular complexity index is 580. The Morgan fingerprint density at radius 3 is 2.48 bits per heavy atom. The minimum absolute atomic E-state index is 0.109. The fraction of sp³-hybridized carbons (Fsp3) is 0.529. The zero-order valence-corrected chi connectivity index (χ0v) is 13.2. The number of hydrogen-bond acceptors (Lipinski definition) is 3. The summed E-state index contributed by atoms with van der Waals surface area (Å²) in [5.74, 6) is -1.52. The Kier molecular flexibility index (Phi) is 5.58. The molecule has 1 saturated carbocycles. The lowest BCUT2D eigenvalue weighted by atomic mass is 9.77. The molecule has 2 N–H and O–H groups in total. The summed E-state index contributed by atoms with van der Waals surface area (Å²) in [5, 5.41) is 12.2. The van der Waals surface area contributed by atoms with Crippen LogP contribution in [0.5, 0.6) is 5.75 Å². The maximum Gasteiger partial charge on any atom is 0.310 e. The molecule has 1 aromatic rings. The summed E-state index contributed by atoms with van der Waals surface area (Å²) in [6, 6.07) is 3.82. The van der Waals surface area contributed by atoms with Gasteiger partial charge >= 0.3 is 5.97 Å². The Balaban J connectivity index is 2.13. The summed E-state index contributed by atoms with van der Waals surface area (Å²) in [5.41, 5.74) is -0.812. The molecule has 23 heavy (non-hydrogen) atoms. The lowest BCUT2D eigenvalue weighted by Gasteiger charge is -2.27. The van der Waals surface area contributed by atoms with E-state index < -0.39 is 23.1 Å². The van der Waals surface area contributed by atoms with Crippen LogP contribution in [0.15, 0.2) is 18.2 Å². The average molecular weight is 323 g/mol. The predicted octanol–water partition coefficient (Wildman–Crippen LogP) is 3.59. The van der Waals surface area contributed by atoms with Crippen LogP contribution >= 0.6 is 0 Å². The van der Waals surface area contributed by atoms with Gasteiger partial charge in [-0.05, 0) is 25.0 Å². The van der Waals surface area contributed by atoms with Crippen LogP contribution in [0.25, 0.3) is 0 Å². The van der Waals surface area contributed by atoms with E-state index in [1.54, 1.807) is 0 Å². The summed E-state index contributed by atoms with van der Waals surface area (Å²) in [6.45, 7) is 0. The highest BCUT2D eigenvalue weighted by Gasteiger charge is 2.40. The number of carbonyl (C=O) groups excluding carboxylic acids is 1. The number of benzene rings is 1. The van der Waals surface area contributed by atoms with E-state index in [0.717, 1.165) is 31.7 Å². The molecule has 126 valence electrons. The van der Waals surface area contributed by atoms with Crippen molar-refractivity contribution in [2.24, 2.45) is 5.41 Å². The van der Waals surface area contributed by atoms with Crippen LogP contribution in [0, 0.1) is 11.2 Å². The summed E-state index contributed by atoms with van der Waals surface area (Å²) in [7, 11) is 1.42. The predicted molar refractivity (Wildman–Crippen MR) is 84.0 cm³/mol. The third kappa shape index (κ3) is 4.21. The van der Waals surface area contributed by atoms with Crippen LogP contribution in [0.2, 0.25) is 0 Å². The SMILES string of the molecule is COc1ccc(F)cc1NC(=O)CC1(C(=O)O)CCCCCC1. The monoisotopic (exact) mass is 323 g/mol. The Morgan fingerprint density at radius 1 is 1.26 bits per heavy atom. The maximum atomic E-state index is 13.3. The molecular weight excluding hydrogens is 301 g/mol. The molecule has 0 aromatic heterocycles. The molecule has 5 nitrogen and oxygen atoms in total. The van der Waals surface area contributed by atoms with Gasteiger partial charge in [0, 0.05) is 12.5 Å².